The Balaban J connectivity index is 1.96. The molecule has 0 radical (unpaired) electrons. The summed E-state index contributed by atoms with van der Waals surface area (Å²) in [5, 5.41) is 5.03. The molecule has 0 aromatic heterocycles. The van der Waals surface area contributed by atoms with E-state index in [4.69, 9.17) is 5.14 Å². The summed E-state index contributed by atoms with van der Waals surface area (Å²) >= 11 is 0. The Labute approximate surface area is 96.7 Å². The molecule has 1 aromatic rings. The third-order valence-corrected chi connectivity index (χ3v) is 4.25. The molecule has 0 atom stereocenters. The number of aryl methyl sites for hydroxylation is 1. The van der Waals surface area contributed by atoms with Crippen molar-refractivity contribution in [2.24, 2.45) is 11.1 Å². The molecular formula is C12H17NO2S. The number of primary sulfonamides is 1. The Hall–Kier alpha value is -0.870. The minimum atomic E-state index is -3.54. The molecule has 2 rings (SSSR count). The summed E-state index contributed by atoms with van der Waals surface area (Å²) in [5.74, 6) is 0.887. The Morgan fingerprint density at radius 3 is 2.25 bits per heavy atom. The molecule has 3 nitrogen and oxygen atoms in total. The first-order valence-corrected chi connectivity index (χ1v) is 7.22. The molecule has 0 saturated heterocycles. The standard InChI is InChI=1S/C12H17NO2S/c13-16(14,15)12-8-6-11(7-9-12)5-4-10-2-1-3-10/h6-10H,1-5H2,(H2,13,14,15). The fourth-order valence-electron chi connectivity index (χ4n) is 2.00. The highest BCUT2D eigenvalue weighted by Gasteiger charge is 2.16. The number of hydrogen-bond donors (Lipinski definition) is 1. The zero-order chi connectivity index (χ0) is 11.6. The van der Waals surface area contributed by atoms with E-state index in [2.05, 4.69) is 0 Å². The van der Waals surface area contributed by atoms with E-state index in [0.29, 0.717) is 0 Å². The lowest BCUT2D eigenvalue weighted by Crippen LogP contribution is -2.13. The summed E-state index contributed by atoms with van der Waals surface area (Å²) in [5.41, 5.74) is 1.19. The van der Waals surface area contributed by atoms with Crippen molar-refractivity contribution in [2.75, 3.05) is 0 Å². The Morgan fingerprint density at radius 1 is 1.19 bits per heavy atom. The van der Waals surface area contributed by atoms with E-state index in [1.54, 1.807) is 12.1 Å². The lowest BCUT2D eigenvalue weighted by molar-refractivity contribution is 0.296. The predicted octanol–water partition coefficient (Wildman–Crippen LogP) is 2.07. The highest BCUT2D eigenvalue weighted by atomic mass is 32.2. The molecule has 1 aliphatic carbocycles. The van der Waals surface area contributed by atoms with Crippen molar-refractivity contribution >= 4 is 10.0 Å². The van der Waals surface area contributed by atoms with Crippen LogP contribution in [-0.2, 0) is 16.4 Å². The first-order chi connectivity index (χ1) is 7.55. The van der Waals surface area contributed by atoms with Crippen LogP contribution in [-0.4, -0.2) is 8.42 Å². The maximum absolute atomic E-state index is 11.0. The summed E-state index contributed by atoms with van der Waals surface area (Å²) in [7, 11) is -3.54. The molecule has 4 heteroatoms. The van der Waals surface area contributed by atoms with Gasteiger partial charge in [0.05, 0.1) is 4.90 Å². The predicted molar refractivity (Wildman–Crippen MR) is 63.5 cm³/mol. The van der Waals surface area contributed by atoms with Gasteiger partial charge in [0.15, 0.2) is 0 Å². The van der Waals surface area contributed by atoms with E-state index in [-0.39, 0.29) is 4.90 Å². The lowest BCUT2D eigenvalue weighted by atomic mass is 9.81. The third kappa shape index (κ3) is 2.83. The van der Waals surface area contributed by atoms with E-state index < -0.39 is 10.0 Å². The minimum Gasteiger partial charge on any atom is -0.225 e. The number of nitrogens with two attached hydrogens (primary N) is 1. The minimum absolute atomic E-state index is 0.194. The van der Waals surface area contributed by atoms with Crippen LogP contribution in [0.5, 0.6) is 0 Å². The zero-order valence-electron chi connectivity index (χ0n) is 9.22. The van der Waals surface area contributed by atoms with Crippen LogP contribution in [0.4, 0.5) is 0 Å². The second-order valence-corrected chi connectivity index (χ2v) is 6.09. The SMILES string of the molecule is NS(=O)(=O)c1ccc(CCC2CCC2)cc1. The number of sulfonamides is 1. The number of rotatable bonds is 4. The molecule has 1 saturated carbocycles. The average molecular weight is 239 g/mol. The zero-order valence-corrected chi connectivity index (χ0v) is 10.0. The van der Waals surface area contributed by atoms with Gasteiger partial charge in [-0.1, -0.05) is 31.4 Å². The first kappa shape index (κ1) is 11.6. The quantitative estimate of drug-likeness (QED) is 0.874. The summed E-state index contributed by atoms with van der Waals surface area (Å²) in [4.78, 5) is 0.194. The van der Waals surface area contributed by atoms with E-state index >= 15 is 0 Å². The fraction of sp³-hybridized carbons (Fsp3) is 0.500. The summed E-state index contributed by atoms with van der Waals surface area (Å²) in [6.07, 6.45) is 6.34. The largest absolute Gasteiger partial charge is 0.238 e. The van der Waals surface area contributed by atoms with Crippen LogP contribution in [0.15, 0.2) is 29.2 Å². The van der Waals surface area contributed by atoms with Crippen LogP contribution in [0.2, 0.25) is 0 Å². The molecule has 0 aliphatic heterocycles. The van der Waals surface area contributed by atoms with Crippen molar-refractivity contribution in [2.45, 2.75) is 37.0 Å². The highest BCUT2D eigenvalue weighted by molar-refractivity contribution is 7.89. The first-order valence-electron chi connectivity index (χ1n) is 5.67. The number of hydrogen-bond acceptors (Lipinski definition) is 2. The van der Waals surface area contributed by atoms with Gasteiger partial charge in [-0.05, 0) is 36.5 Å². The van der Waals surface area contributed by atoms with Gasteiger partial charge in [-0.25, -0.2) is 13.6 Å². The molecule has 1 aromatic carbocycles. The lowest BCUT2D eigenvalue weighted by Gasteiger charge is -2.25. The van der Waals surface area contributed by atoms with Crippen molar-refractivity contribution in [1.29, 1.82) is 0 Å². The van der Waals surface area contributed by atoms with Crippen LogP contribution in [0.25, 0.3) is 0 Å². The van der Waals surface area contributed by atoms with Crippen LogP contribution in [0.1, 0.15) is 31.2 Å². The molecule has 16 heavy (non-hydrogen) atoms. The molecule has 0 bridgehead atoms. The van der Waals surface area contributed by atoms with Gasteiger partial charge < -0.3 is 0 Å². The maximum atomic E-state index is 11.0. The summed E-state index contributed by atoms with van der Waals surface area (Å²) < 4.78 is 22.1. The Bertz CT molecular complexity index is 446. The number of benzene rings is 1. The second kappa shape index (κ2) is 4.55. The van der Waals surface area contributed by atoms with Gasteiger partial charge in [0.25, 0.3) is 0 Å². The van der Waals surface area contributed by atoms with Gasteiger partial charge in [-0.15, -0.1) is 0 Å². The van der Waals surface area contributed by atoms with Crippen LogP contribution < -0.4 is 5.14 Å². The van der Waals surface area contributed by atoms with Gasteiger partial charge in [0.2, 0.25) is 10.0 Å². The molecule has 0 unspecified atom stereocenters. The van der Waals surface area contributed by atoms with Gasteiger partial charge >= 0.3 is 0 Å². The van der Waals surface area contributed by atoms with Crippen LogP contribution in [0.3, 0.4) is 0 Å². The molecule has 0 amide bonds. The van der Waals surface area contributed by atoms with Gasteiger partial charge in [0, 0.05) is 0 Å². The maximum Gasteiger partial charge on any atom is 0.238 e. The molecule has 88 valence electrons. The van der Waals surface area contributed by atoms with Crippen LogP contribution >= 0.6 is 0 Å². The van der Waals surface area contributed by atoms with Crippen molar-refractivity contribution in [1.82, 2.24) is 0 Å². The van der Waals surface area contributed by atoms with Gasteiger partial charge in [-0.3, -0.25) is 0 Å². The van der Waals surface area contributed by atoms with Crippen LogP contribution in [0, 0.1) is 5.92 Å². The Kier molecular flexibility index (Phi) is 3.30. The molecular weight excluding hydrogens is 222 g/mol. The fourth-order valence-corrected chi connectivity index (χ4v) is 2.51. The molecule has 2 N–H and O–H groups in total. The topological polar surface area (TPSA) is 60.2 Å². The van der Waals surface area contributed by atoms with E-state index in [1.807, 2.05) is 12.1 Å². The monoisotopic (exact) mass is 239 g/mol. The van der Waals surface area contributed by atoms with Crippen molar-refractivity contribution < 1.29 is 8.42 Å². The van der Waals surface area contributed by atoms with Gasteiger partial charge in [0.1, 0.15) is 0 Å². The molecule has 0 spiro atoms. The van der Waals surface area contributed by atoms with Crippen molar-refractivity contribution in [3.8, 4) is 0 Å². The smallest absolute Gasteiger partial charge is 0.225 e. The van der Waals surface area contributed by atoms with E-state index in [1.165, 1.54) is 31.2 Å². The van der Waals surface area contributed by atoms with Crippen molar-refractivity contribution in [3.05, 3.63) is 29.8 Å². The Morgan fingerprint density at radius 2 is 1.81 bits per heavy atom. The van der Waals surface area contributed by atoms with Crippen molar-refractivity contribution in [3.63, 3.8) is 0 Å². The van der Waals surface area contributed by atoms with E-state index in [9.17, 15) is 8.42 Å². The molecule has 0 heterocycles. The summed E-state index contributed by atoms with van der Waals surface area (Å²) in [6, 6.07) is 6.90. The van der Waals surface area contributed by atoms with E-state index in [0.717, 1.165) is 12.3 Å². The third-order valence-electron chi connectivity index (χ3n) is 3.32. The molecule has 1 fully saturated rings. The van der Waals surface area contributed by atoms with Gasteiger partial charge in [-0.2, -0.15) is 0 Å². The second-order valence-electron chi connectivity index (χ2n) is 4.52. The average Bonchev–Trinajstić information content (AvgIpc) is 2.15. The summed E-state index contributed by atoms with van der Waals surface area (Å²) in [6.45, 7) is 0. The molecule has 1 aliphatic rings. The normalized spacial score (nSPS) is 17.1. The highest BCUT2D eigenvalue weighted by Crippen LogP contribution is 2.30.